The first kappa shape index (κ1) is 12.5. The van der Waals surface area contributed by atoms with Crippen molar-refractivity contribution in [1.82, 2.24) is 5.32 Å². The first-order chi connectivity index (χ1) is 9.78. The molecule has 1 aliphatic rings. The highest BCUT2D eigenvalue weighted by molar-refractivity contribution is 5.94. The molecule has 1 N–H and O–H groups in total. The normalized spacial score (nSPS) is 17.1. The fourth-order valence-corrected chi connectivity index (χ4v) is 2.61. The van der Waals surface area contributed by atoms with Gasteiger partial charge in [-0.15, -0.1) is 0 Å². The van der Waals surface area contributed by atoms with Gasteiger partial charge in [0.15, 0.2) is 0 Å². The average Bonchev–Trinajstić information content (AvgIpc) is 2.97. The quantitative estimate of drug-likeness (QED) is 0.908. The van der Waals surface area contributed by atoms with E-state index in [4.69, 9.17) is 9.68 Å². The minimum atomic E-state index is -0.152. The molecule has 0 bridgehead atoms. The lowest BCUT2D eigenvalue weighted by Gasteiger charge is -2.22. The summed E-state index contributed by atoms with van der Waals surface area (Å²) >= 11 is 0. The summed E-state index contributed by atoms with van der Waals surface area (Å²) < 4.78 is 5.42. The van der Waals surface area contributed by atoms with Crippen LogP contribution in [0.3, 0.4) is 0 Å². The topological polar surface area (TPSA) is 66.0 Å². The molecule has 4 heteroatoms. The molecule has 3 rings (SSSR count). The molecule has 0 spiro atoms. The van der Waals surface area contributed by atoms with Gasteiger partial charge in [0.1, 0.15) is 5.76 Å². The Labute approximate surface area is 117 Å². The summed E-state index contributed by atoms with van der Waals surface area (Å²) in [5.41, 5.74) is 2.08. The maximum absolute atomic E-state index is 12.3. The van der Waals surface area contributed by atoms with Gasteiger partial charge in [0, 0.05) is 17.5 Å². The molecule has 1 aromatic carbocycles. The highest BCUT2D eigenvalue weighted by atomic mass is 16.3. The van der Waals surface area contributed by atoms with E-state index in [-0.39, 0.29) is 11.9 Å². The molecular weight excluding hydrogens is 252 g/mol. The third-order valence-corrected chi connectivity index (χ3v) is 3.61. The number of fused-ring (bicyclic) bond motifs is 1. The lowest BCUT2D eigenvalue weighted by atomic mass is 9.93. The largest absolute Gasteiger partial charge is 0.469 e. The Hall–Kier alpha value is -2.54. The molecule has 1 unspecified atom stereocenters. The summed E-state index contributed by atoms with van der Waals surface area (Å²) in [6.07, 6.45) is 4.52. The predicted octanol–water partition coefficient (Wildman–Crippen LogP) is 2.96. The number of hydrogen-bond donors (Lipinski definition) is 1. The molecule has 0 radical (unpaired) electrons. The second kappa shape index (κ2) is 5.22. The number of benzene rings is 1. The minimum absolute atomic E-state index is 0.00394. The van der Waals surface area contributed by atoms with Gasteiger partial charge in [-0.1, -0.05) is 6.07 Å². The lowest BCUT2D eigenvalue weighted by Crippen LogP contribution is -2.30. The van der Waals surface area contributed by atoms with Gasteiger partial charge in [0.25, 0.3) is 5.91 Å². The van der Waals surface area contributed by atoms with E-state index in [1.807, 2.05) is 12.1 Å². The summed E-state index contributed by atoms with van der Waals surface area (Å²) in [6.45, 7) is 0. The summed E-state index contributed by atoms with van der Waals surface area (Å²) in [5.74, 6) is 0.813. The highest BCUT2D eigenvalue weighted by Crippen LogP contribution is 2.30. The molecule has 4 nitrogen and oxygen atoms in total. The summed E-state index contributed by atoms with van der Waals surface area (Å²) in [7, 11) is 0. The Morgan fingerprint density at radius 3 is 3.15 bits per heavy atom. The van der Waals surface area contributed by atoms with E-state index in [0.29, 0.717) is 11.1 Å². The SMILES string of the molecule is N#Cc1cccc(C(=O)NC2CCCc3occc32)c1. The van der Waals surface area contributed by atoms with E-state index in [0.717, 1.165) is 30.6 Å². The zero-order valence-electron chi connectivity index (χ0n) is 10.9. The fraction of sp³-hybridized carbons (Fsp3) is 0.250. The van der Waals surface area contributed by atoms with Gasteiger partial charge in [0.05, 0.1) is 23.9 Å². The van der Waals surface area contributed by atoms with E-state index < -0.39 is 0 Å². The van der Waals surface area contributed by atoms with E-state index >= 15 is 0 Å². The van der Waals surface area contributed by atoms with Crippen molar-refractivity contribution in [3.63, 3.8) is 0 Å². The first-order valence-corrected chi connectivity index (χ1v) is 6.65. The van der Waals surface area contributed by atoms with E-state index in [1.165, 1.54) is 0 Å². The Kier molecular flexibility index (Phi) is 3.26. The highest BCUT2D eigenvalue weighted by Gasteiger charge is 2.24. The number of nitrogens with zero attached hydrogens (tertiary/aromatic N) is 1. The third-order valence-electron chi connectivity index (χ3n) is 3.61. The lowest BCUT2D eigenvalue weighted by molar-refractivity contribution is 0.0932. The van der Waals surface area contributed by atoms with Gasteiger partial charge in [0.2, 0.25) is 0 Å². The first-order valence-electron chi connectivity index (χ1n) is 6.65. The minimum Gasteiger partial charge on any atom is -0.469 e. The molecular formula is C16H14N2O2. The Morgan fingerprint density at radius 1 is 1.40 bits per heavy atom. The van der Waals surface area contributed by atoms with Gasteiger partial charge in [-0.2, -0.15) is 5.26 Å². The van der Waals surface area contributed by atoms with E-state index in [9.17, 15) is 4.79 Å². The van der Waals surface area contributed by atoms with Crippen molar-refractivity contribution < 1.29 is 9.21 Å². The number of carbonyl (C=O) groups excluding carboxylic acids is 1. The Balaban J connectivity index is 1.79. The van der Waals surface area contributed by atoms with Crippen molar-refractivity contribution in [3.05, 3.63) is 59.0 Å². The van der Waals surface area contributed by atoms with Gasteiger partial charge in [-0.05, 0) is 37.1 Å². The zero-order valence-corrected chi connectivity index (χ0v) is 10.9. The number of nitrogens with one attached hydrogen (secondary N) is 1. The number of hydrogen-bond acceptors (Lipinski definition) is 3. The molecule has 1 heterocycles. The van der Waals surface area contributed by atoms with Crippen LogP contribution in [-0.4, -0.2) is 5.91 Å². The molecule has 20 heavy (non-hydrogen) atoms. The van der Waals surface area contributed by atoms with Crippen LogP contribution in [0.5, 0.6) is 0 Å². The molecule has 1 aliphatic carbocycles. The smallest absolute Gasteiger partial charge is 0.251 e. The van der Waals surface area contributed by atoms with Crippen LogP contribution in [-0.2, 0) is 6.42 Å². The Morgan fingerprint density at radius 2 is 2.30 bits per heavy atom. The number of amides is 1. The molecule has 1 amide bonds. The van der Waals surface area contributed by atoms with Crippen LogP contribution < -0.4 is 5.32 Å². The van der Waals surface area contributed by atoms with Crippen molar-refractivity contribution in [2.45, 2.75) is 25.3 Å². The average molecular weight is 266 g/mol. The van der Waals surface area contributed by atoms with Crippen molar-refractivity contribution in [3.8, 4) is 6.07 Å². The standard InChI is InChI=1S/C16H14N2O2/c17-10-11-3-1-4-12(9-11)16(19)18-14-5-2-6-15-13(14)7-8-20-15/h1,3-4,7-9,14H,2,5-6H2,(H,18,19). The number of nitriles is 1. The molecule has 0 saturated heterocycles. The van der Waals surface area contributed by atoms with Gasteiger partial charge < -0.3 is 9.73 Å². The second-order valence-corrected chi connectivity index (χ2v) is 4.91. The molecule has 1 atom stereocenters. The monoisotopic (exact) mass is 266 g/mol. The van der Waals surface area contributed by atoms with E-state index in [2.05, 4.69) is 5.32 Å². The van der Waals surface area contributed by atoms with Crippen LogP contribution in [0.2, 0.25) is 0 Å². The summed E-state index contributed by atoms with van der Waals surface area (Å²) in [6, 6.07) is 10.7. The number of rotatable bonds is 2. The maximum Gasteiger partial charge on any atom is 0.251 e. The number of aryl methyl sites for hydroxylation is 1. The number of furan rings is 1. The second-order valence-electron chi connectivity index (χ2n) is 4.91. The maximum atomic E-state index is 12.3. The van der Waals surface area contributed by atoms with Crippen LogP contribution in [0.1, 0.15) is 46.1 Å². The molecule has 0 saturated carbocycles. The van der Waals surface area contributed by atoms with Crippen LogP contribution in [0.15, 0.2) is 41.0 Å². The molecule has 100 valence electrons. The Bertz CT molecular complexity index is 682. The summed E-state index contributed by atoms with van der Waals surface area (Å²) in [5, 5.41) is 11.9. The van der Waals surface area contributed by atoms with Crippen molar-refractivity contribution >= 4 is 5.91 Å². The van der Waals surface area contributed by atoms with Gasteiger partial charge in [-0.3, -0.25) is 4.79 Å². The molecule has 0 fully saturated rings. The number of carbonyl (C=O) groups is 1. The van der Waals surface area contributed by atoms with Gasteiger partial charge in [-0.25, -0.2) is 0 Å². The van der Waals surface area contributed by atoms with Crippen LogP contribution in [0, 0.1) is 11.3 Å². The van der Waals surface area contributed by atoms with Crippen LogP contribution in [0.4, 0.5) is 0 Å². The van der Waals surface area contributed by atoms with Crippen molar-refractivity contribution in [1.29, 1.82) is 5.26 Å². The molecule has 0 aliphatic heterocycles. The third kappa shape index (κ3) is 2.30. The fourth-order valence-electron chi connectivity index (χ4n) is 2.61. The van der Waals surface area contributed by atoms with E-state index in [1.54, 1.807) is 30.5 Å². The predicted molar refractivity (Wildman–Crippen MR) is 73.0 cm³/mol. The van der Waals surface area contributed by atoms with Crippen LogP contribution in [0.25, 0.3) is 0 Å². The van der Waals surface area contributed by atoms with Crippen molar-refractivity contribution in [2.75, 3.05) is 0 Å². The van der Waals surface area contributed by atoms with Crippen molar-refractivity contribution in [2.24, 2.45) is 0 Å². The molecule has 2 aromatic rings. The van der Waals surface area contributed by atoms with Gasteiger partial charge >= 0.3 is 0 Å². The van der Waals surface area contributed by atoms with Crippen LogP contribution >= 0.6 is 0 Å². The molecule has 1 aromatic heterocycles. The summed E-state index contributed by atoms with van der Waals surface area (Å²) in [4.78, 5) is 12.3. The zero-order chi connectivity index (χ0) is 13.9.